The molecule has 0 aliphatic rings. The van der Waals surface area contributed by atoms with Crippen molar-refractivity contribution in [2.45, 2.75) is 37.7 Å². The molecule has 0 fully saturated rings. The van der Waals surface area contributed by atoms with E-state index < -0.39 is 16.1 Å². The van der Waals surface area contributed by atoms with Crippen molar-refractivity contribution in [2.24, 2.45) is 5.92 Å². The predicted molar refractivity (Wildman–Crippen MR) is 81.7 cm³/mol. The maximum Gasteiger partial charge on any atom is 0.240 e. The lowest BCUT2D eigenvalue weighted by Gasteiger charge is -2.20. The van der Waals surface area contributed by atoms with Gasteiger partial charge in [-0.1, -0.05) is 49.9 Å². The molecule has 0 amide bonds. The summed E-state index contributed by atoms with van der Waals surface area (Å²) in [4.78, 5) is 0.0312. The summed E-state index contributed by atoms with van der Waals surface area (Å²) in [5.74, 6) is 0.0755. The molecular formula is C13H19Cl2NO3S. The third kappa shape index (κ3) is 4.60. The first kappa shape index (κ1) is 17.7. The average Bonchev–Trinajstić information content (AvgIpc) is 2.41. The molecule has 0 heterocycles. The number of hydrogen-bond donors (Lipinski definition) is 2. The molecule has 0 saturated carbocycles. The molecule has 0 aliphatic heterocycles. The van der Waals surface area contributed by atoms with Gasteiger partial charge in [-0.3, -0.25) is 0 Å². The van der Waals surface area contributed by atoms with Gasteiger partial charge in [0, 0.05) is 6.54 Å². The van der Waals surface area contributed by atoms with Crippen LogP contribution in [0, 0.1) is 5.92 Å². The van der Waals surface area contributed by atoms with Crippen LogP contribution in [0.4, 0.5) is 0 Å². The molecule has 0 bridgehead atoms. The molecule has 4 nitrogen and oxygen atoms in total. The molecule has 0 spiro atoms. The molecule has 0 aliphatic carbocycles. The maximum absolute atomic E-state index is 12.1. The molecule has 2 N–H and O–H groups in total. The number of aliphatic hydroxyl groups excluding tert-OH is 1. The van der Waals surface area contributed by atoms with Crippen LogP contribution in [0.3, 0.4) is 0 Å². The lowest BCUT2D eigenvalue weighted by molar-refractivity contribution is 0.107. The fourth-order valence-electron chi connectivity index (χ4n) is 1.92. The van der Waals surface area contributed by atoms with E-state index >= 15 is 0 Å². The Morgan fingerprint density at radius 3 is 2.30 bits per heavy atom. The molecule has 114 valence electrons. The Morgan fingerprint density at radius 2 is 1.80 bits per heavy atom. The molecule has 1 aromatic rings. The first-order valence-corrected chi connectivity index (χ1v) is 8.68. The number of rotatable bonds is 7. The van der Waals surface area contributed by atoms with E-state index in [9.17, 15) is 13.5 Å². The van der Waals surface area contributed by atoms with Gasteiger partial charge in [0.05, 0.1) is 21.0 Å². The second kappa shape index (κ2) is 7.61. The minimum atomic E-state index is -3.70. The van der Waals surface area contributed by atoms with Crippen molar-refractivity contribution in [2.75, 3.05) is 6.54 Å². The zero-order valence-corrected chi connectivity index (χ0v) is 13.8. The van der Waals surface area contributed by atoms with Gasteiger partial charge in [0.1, 0.15) is 0 Å². The smallest absolute Gasteiger partial charge is 0.240 e. The van der Waals surface area contributed by atoms with Crippen LogP contribution in [0.5, 0.6) is 0 Å². The van der Waals surface area contributed by atoms with E-state index in [-0.39, 0.29) is 22.4 Å². The Bertz CT molecular complexity index is 545. The molecule has 0 saturated heterocycles. The summed E-state index contributed by atoms with van der Waals surface area (Å²) in [6.07, 6.45) is 0.890. The fourth-order valence-corrected chi connectivity index (χ4v) is 3.36. The monoisotopic (exact) mass is 339 g/mol. The molecule has 1 unspecified atom stereocenters. The molecule has 1 atom stereocenters. The van der Waals surface area contributed by atoms with Crippen LogP contribution >= 0.6 is 23.2 Å². The number of hydrogen-bond acceptors (Lipinski definition) is 3. The predicted octanol–water partition coefficient (Wildman–Crippen LogP) is 3.07. The molecule has 0 aromatic heterocycles. The van der Waals surface area contributed by atoms with Crippen molar-refractivity contribution in [3.8, 4) is 0 Å². The van der Waals surface area contributed by atoms with Crippen LogP contribution in [0.1, 0.15) is 26.7 Å². The Kier molecular flexibility index (Phi) is 6.75. The second-order valence-corrected chi connectivity index (χ2v) is 7.15. The lowest BCUT2D eigenvalue weighted by Crippen LogP contribution is -2.36. The van der Waals surface area contributed by atoms with E-state index in [1.54, 1.807) is 0 Å². The first-order valence-electron chi connectivity index (χ1n) is 6.44. The van der Waals surface area contributed by atoms with Gasteiger partial charge in [-0.15, -0.1) is 0 Å². The highest BCUT2D eigenvalue weighted by Crippen LogP contribution is 2.24. The summed E-state index contributed by atoms with van der Waals surface area (Å²) >= 11 is 11.6. The van der Waals surface area contributed by atoms with Crippen LogP contribution in [0.2, 0.25) is 10.0 Å². The molecular weight excluding hydrogens is 321 g/mol. The quantitative estimate of drug-likeness (QED) is 0.802. The van der Waals surface area contributed by atoms with Gasteiger partial charge >= 0.3 is 0 Å². The molecule has 20 heavy (non-hydrogen) atoms. The summed E-state index contributed by atoms with van der Waals surface area (Å²) in [6, 6.07) is 4.09. The van der Waals surface area contributed by atoms with E-state index in [0.29, 0.717) is 5.02 Å². The summed E-state index contributed by atoms with van der Waals surface area (Å²) in [5.41, 5.74) is 0. The van der Waals surface area contributed by atoms with E-state index in [0.717, 1.165) is 12.8 Å². The van der Waals surface area contributed by atoms with Crippen molar-refractivity contribution >= 4 is 33.2 Å². The van der Waals surface area contributed by atoms with Crippen molar-refractivity contribution in [1.29, 1.82) is 0 Å². The van der Waals surface area contributed by atoms with Gasteiger partial charge in [0.25, 0.3) is 0 Å². The van der Waals surface area contributed by atoms with Gasteiger partial charge in [-0.2, -0.15) is 0 Å². The number of aliphatic hydroxyl groups is 1. The number of sulfonamides is 1. The summed E-state index contributed by atoms with van der Waals surface area (Å²) in [5, 5.41) is 10.4. The number of nitrogens with one attached hydrogen (secondary N) is 1. The topological polar surface area (TPSA) is 66.4 Å². The second-order valence-electron chi connectivity index (χ2n) is 4.57. The molecule has 7 heteroatoms. The molecule has 0 radical (unpaired) electrons. The highest BCUT2D eigenvalue weighted by Gasteiger charge is 2.20. The van der Waals surface area contributed by atoms with Gasteiger partial charge in [0.15, 0.2) is 0 Å². The van der Waals surface area contributed by atoms with Gasteiger partial charge in [-0.25, -0.2) is 13.1 Å². The van der Waals surface area contributed by atoms with Crippen LogP contribution < -0.4 is 4.72 Å². The van der Waals surface area contributed by atoms with Gasteiger partial charge in [-0.05, 0) is 24.1 Å². The summed E-state index contributed by atoms with van der Waals surface area (Å²) in [7, 11) is -3.70. The third-order valence-electron chi connectivity index (χ3n) is 3.28. The minimum Gasteiger partial charge on any atom is -0.391 e. The van der Waals surface area contributed by atoms with E-state index in [1.807, 2.05) is 13.8 Å². The highest BCUT2D eigenvalue weighted by atomic mass is 35.5. The first-order chi connectivity index (χ1) is 9.31. The zero-order chi connectivity index (χ0) is 15.3. The van der Waals surface area contributed by atoms with Crippen molar-refractivity contribution < 1.29 is 13.5 Å². The van der Waals surface area contributed by atoms with Gasteiger partial charge in [0.2, 0.25) is 10.0 Å². The molecule has 1 aromatic carbocycles. The van der Waals surface area contributed by atoms with Crippen LogP contribution in [-0.2, 0) is 10.0 Å². The van der Waals surface area contributed by atoms with Crippen molar-refractivity contribution in [3.63, 3.8) is 0 Å². The Hall–Kier alpha value is -0.330. The Morgan fingerprint density at radius 1 is 1.20 bits per heavy atom. The normalized spacial score (nSPS) is 13.7. The van der Waals surface area contributed by atoms with Crippen LogP contribution in [0.15, 0.2) is 23.1 Å². The van der Waals surface area contributed by atoms with E-state index in [2.05, 4.69) is 4.72 Å². The largest absolute Gasteiger partial charge is 0.391 e. The summed E-state index contributed by atoms with van der Waals surface area (Å²) < 4.78 is 26.5. The van der Waals surface area contributed by atoms with E-state index in [4.69, 9.17) is 23.2 Å². The van der Waals surface area contributed by atoms with Crippen molar-refractivity contribution in [3.05, 3.63) is 28.2 Å². The Labute approximate surface area is 130 Å². The maximum atomic E-state index is 12.1. The fraction of sp³-hybridized carbons (Fsp3) is 0.538. The van der Waals surface area contributed by atoms with Crippen LogP contribution in [-0.4, -0.2) is 26.2 Å². The number of halogens is 2. The average molecular weight is 340 g/mol. The minimum absolute atomic E-state index is 0.0189. The third-order valence-corrected chi connectivity index (χ3v) is 5.44. The van der Waals surface area contributed by atoms with Crippen molar-refractivity contribution in [1.82, 2.24) is 4.72 Å². The van der Waals surface area contributed by atoms with Crippen LogP contribution in [0.25, 0.3) is 0 Å². The standard InChI is InChI=1S/C13H19Cl2NO3S/c1-3-9(4-2)13(17)8-16-20(18,19)10-5-6-11(14)12(15)7-10/h5-7,9,13,16-17H,3-4,8H2,1-2H3. The lowest BCUT2D eigenvalue weighted by atomic mass is 9.97. The summed E-state index contributed by atoms with van der Waals surface area (Å²) in [6.45, 7) is 3.91. The molecule has 1 rings (SSSR count). The number of benzene rings is 1. The van der Waals surface area contributed by atoms with Gasteiger partial charge < -0.3 is 5.11 Å². The Balaban J connectivity index is 2.77. The highest BCUT2D eigenvalue weighted by molar-refractivity contribution is 7.89. The van der Waals surface area contributed by atoms with E-state index in [1.165, 1.54) is 18.2 Å². The SMILES string of the molecule is CCC(CC)C(O)CNS(=O)(=O)c1ccc(Cl)c(Cl)c1. The zero-order valence-electron chi connectivity index (χ0n) is 11.4.